The molecule has 26 heavy (non-hydrogen) atoms. The van der Waals surface area contributed by atoms with Gasteiger partial charge in [-0.1, -0.05) is 11.3 Å². The van der Waals surface area contributed by atoms with E-state index >= 15 is 0 Å². The molecule has 0 aliphatic heterocycles. The summed E-state index contributed by atoms with van der Waals surface area (Å²) in [4.78, 5) is 28.1. The number of phenols is 2. The van der Waals surface area contributed by atoms with Gasteiger partial charge < -0.3 is 19.7 Å². The van der Waals surface area contributed by atoms with Crippen molar-refractivity contribution in [2.45, 2.75) is 0 Å². The van der Waals surface area contributed by atoms with Gasteiger partial charge in [-0.3, -0.25) is 10.1 Å². The molecule has 0 saturated heterocycles. The van der Waals surface area contributed by atoms with Gasteiger partial charge in [0.05, 0.1) is 22.9 Å². The molecule has 0 spiro atoms. The Hall–Kier alpha value is -3.33. The topological polar surface area (TPSA) is 118 Å². The van der Waals surface area contributed by atoms with Crippen LogP contribution in [-0.2, 0) is 9.53 Å². The molecule has 3 rings (SSSR count). The number of hydrogen-bond donors (Lipinski definition) is 3. The van der Waals surface area contributed by atoms with Crippen LogP contribution in [0.25, 0.3) is 10.2 Å². The van der Waals surface area contributed by atoms with Crippen molar-refractivity contribution in [1.82, 2.24) is 4.98 Å². The molecule has 0 aliphatic carbocycles. The molecule has 0 saturated carbocycles. The molecule has 2 aromatic carbocycles. The highest BCUT2D eigenvalue weighted by Crippen LogP contribution is 2.29. The van der Waals surface area contributed by atoms with Crippen LogP contribution in [0, 0.1) is 0 Å². The summed E-state index contributed by atoms with van der Waals surface area (Å²) >= 11 is 1.26. The lowest BCUT2D eigenvalue weighted by molar-refractivity contribution is -0.119. The normalized spacial score (nSPS) is 10.5. The first-order valence-corrected chi connectivity index (χ1v) is 8.21. The van der Waals surface area contributed by atoms with Gasteiger partial charge >= 0.3 is 5.97 Å². The standard InChI is InChI=1S/C17H14N2O6S/c1-24-10-3-4-11-14(7-10)26-17(18-11)19-15(22)8-25-16(23)9-2-5-12(20)13(21)6-9/h2-7,20-21H,8H2,1H3,(H,18,19,22). The van der Waals surface area contributed by atoms with E-state index in [0.29, 0.717) is 16.4 Å². The van der Waals surface area contributed by atoms with Crippen LogP contribution in [0.15, 0.2) is 36.4 Å². The number of thiazole rings is 1. The Morgan fingerprint density at radius 2 is 1.96 bits per heavy atom. The lowest BCUT2D eigenvalue weighted by atomic mass is 10.2. The fourth-order valence-corrected chi connectivity index (χ4v) is 3.02. The van der Waals surface area contributed by atoms with Crippen molar-refractivity contribution >= 4 is 38.6 Å². The number of nitrogens with one attached hydrogen (secondary N) is 1. The Labute approximate surface area is 151 Å². The number of nitrogens with zero attached hydrogens (tertiary/aromatic N) is 1. The monoisotopic (exact) mass is 374 g/mol. The molecular formula is C17H14N2O6S. The minimum atomic E-state index is -0.801. The van der Waals surface area contributed by atoms with Crippen molar-refractivity contribution in [3.63, 3.8) is 0 Å². The maximum atomic E-state index is 11.9. The van der Waals surface area contributed by atoms with Crippen LogP contribution in [0.2, 0.25) is 0 Å². The highest BCUT2D eigenvalue weighted by molar-refractivity contribution is 7.22. The maximum absolute atomic E-state index is 11.9. The van der Waals surface area contributed by atoms with E-state index in [0.717, 1.165) is 16.8 Å². The Kier molecular flexibility index (Phi) is 4.90. The lowest BCUT2D eigenvalue weighted by Gasteiger charge is -2.05. The molecule has 1 aromatic heterocycles. The summed E-state index contributed by atoms with van der Waals surface area (Å²) in [6.07, 6.45) is 0. The number of rotatable bonds is 5. The molecule has 1 amide bonds. The van der Waals surface area contributed by atoms with E-state index in [1.165, 1.54) is 17.4 Å². The van der Waals surface area contributed by atoms with Gasteiger partial charge in [-0.05, 0) is 36.4 Å². The number of aromatic nitrogens is 1. The molecular weight excluding hydrogens is 360 g/mol. The van der Waals surface area contributed by atoms with Gasteiger partial charge in [0.25, 0.3) is 5.91 Å². The number of methoxy groups -OCH3 is 1. The smallest absolute Gasteiger partial charge is 0.338 e. The molecule has 9 heteroatoms. The molecule has 0 radical (unpaired) electrons. The second-order valence-corrected chi connectivity index (χ2v) is 6.21. The number of ether oxygens (including phenoxy) is 2. The van der Waals surface area contributed by atoms with Crippen molar-refractivity contribution in [2.24, 2.45) is 0 Å². The largest absolute Gasteiger partial charge is 0.504 e. The minimum absolute atomic E-state index is 0.0141. The highest BCUT2D eigenvalue weighted by Gasteiger charge is 2.14. The molecule has 134 valence electrons. The summed E-state index contributed by atoms with van der Waals surface area (Å²) in [6, 6.07) is 8.83. The van der Waals surface area contributed by atoms with Gasteiger partial charge in [0.1, 0.15) is 5.75 Å². The van der Waals surface area contributed by atoms with Crippen molar-refractivity contribution in [2.75, 3.05) is 19.0 Å². The molecule has 0 bridgehead atoms. The summed E-state index contributed by atoms with van der Waals surface area (Å²) in [5.41, 5.74) is 0.725. The van der Waals surface area contributed by atoms with Crippen LogP contribution in [0.1, 0.15) is 10.4 Å². The predicted molar refractivity (Wildman–Crippen MR) is 94.9 cm³/mol. The Bertz CT molecular complexity index is 985. The average molecular weight is 374 g/mol. The van der Waals surface area contributed by atoms with E-state index in [-0.39, 0.29) is 11.3 Å². The number of benzene rings is 2. The number of carbonyl (C=O) groups excluding carboxylic acids is 2. The highest BCUT2D eigenvalue weighted by atomic mass is 32.1. The van der Waals surface area contributed by atoms with E-state index in [1.807, 2.05) is 0 Å². The van der Waals surface area contributed by atoms with Crippen molar-refractivity contribution in [1.29, 1.82) is 0 Å². The van der Waals surface area contributed by atoms with Crippen LogP contribution in [-0.4, -0.2) is 40.8 Å². The molecule has 3 aromatic rings. The number of carbonyl (C=O) groups is 2. The quantitative estimate of drug-likeness (QED) is 0.464. The third-order valence-electron chi connectivity index (χ3n) is 3.39. The summed E-state index contributed by atoms with van der Waals surface area (Å²) in [5, 5.41) is 21.5. The number of fused-ring (bicyclic) bond motifs is 1. The zero-order valence-electron chi connectivity index (χ0n) is 13.6. The summed E-state index contributed by atoms with van der Waals surface area (Å²) in [6.45, 7) is -0.514. The van der Waals surface area contributed by atoms with Crippen LogP contribution >= 0.6 is 11.3 Å². The predicted octanol–water partition coefficient (Wildman–Crippen LogP) is 2.51. The van der Waals surface area contributed by atoms with Crippen molar-refractivity contribution in [3.05, 3.63) is 42.0 Å². The first-order valence-electron chi connectivity index (χ1n) is 7.40. The Morgan fingerprint density at radius 1 is 1.15 bits per heavy atom. The third kappa shape index (κ3) is 3.83. The first-order chi connectivity index (χ1) is 12.5. The average Bonchev–Trinajstić information content (AvgIpc) is 3.03. The number of anilines is 1. The van der Waals surface area contributed by atoms with Crippen LogP contribution in [0.3, 0.4) is 0 Å². The van der Waals surface area contributed by atoms with E-state index in [4.69, 9.17) is 9.47 Å². The number of hydrogen-bond acceptors (Lipinski definition) is 8. The minimum Gasteiger partial charge on any atom is -0.504 e. The van der Waals surface area contributed by atoms with Gasteiger partial charge in [0.2, 0.25) is 0 Å². The second kappa shape index (κ2) is 7.28. The van der Waals surface area contributed by atoms with Crippen molar-refractivity contribution in [3.8, 4) is 17.2 Å². The summed E-state index contributed by atoms with van der Waals surface area (Å²) < 4.78 is 10.9. The van der Waals surface area contributed by atoms with Gasteiger partial charge in [0, 0.05) is 0 Å². The Morgan fingerprint density at radius 3 is 2.69 bits per heavy atom. The van der Waals surface area contributed by atoms with Gasteiger partial charge in [-0.2, -0.15) is 0 Å². The number of esters is 1. The lowest BCUT2D eigenvalue weighted by Crippen LogP contribution is -2.20. The second-order valence-electron chi connectivity index (χ2n) is 5.18. The molecule has 0 fully saturated rings. The fraction of sp³-hybridized carbons (Fsp3) is 0.118. The molecule has 8 nitrogen and oxygen atoms in total. The van der Waals surface area contributed by atoms with E-state index in [2.05, 4.69) is 10.3 Å². The Balaban J connectivity index is 1.60. The maximum Gasteiger partial charge on any atom is 0.338 e. The molecule has 0 atom stereocenters. The summed E-state index contributed by atoms with van der Waals surface area (Å²) in [7, 11) is 1.56. The van der Waals surface area contributed by atoms with Crippen LogP contribution in [0.5, 0.6) is 17.2 Å². The number of aromatic hydroxyl groups is 2. The van der Waals surface area contributed by atoms with E-state index in [9.17, 15) is 19.8 Å². The van der Waals surface area contributed by atoms with Crippen molar-refractivity contribution < 1.29 is 29.3 Å². The van der Waals surface area contributed by atoms with E-state index in [1.54, 1.807) is 25.3 Å². The van der Waals surface area contributed by atoms with Gasteiger partial charge in [-0.15, -0.1) is 0 Å². The van der Waals surface area contributed by atoms with Gasteiger partial charge in [-0.25, -0.2) is 9.78 Å². The third-order valence-corrected chi connectivity index (χ3v) is 4.32. The van der Waals surface area contributed by atoms with Gasteiger partial charge in [0.15, 0.2) is 23.2 Å². The fourth-order valence-electron chi connectivity index (χ4n) is 2.11. The first kappa shape index (κ1) is 17.5. The SMILES string of the molecule is COc1ccc2nc(NC(=O)COC(=O)c3ccc(O)c(O)c3)sc2c1. The molecule has 0 aliphatic rings. The van der Waals surface area contributed by atoms with E-state index < -0.39 is 24.2 Å². The zero-order valence-corrected chi connectivity index (χ0v) is 14.4. The zero-order chi connectivity index (χ0) is 18.7. The number of amides is 1. The summed E-state index contributed by atoms with van der Waals surface area (Å²) in [5.74, 6) is -1.47. The van der Waals surface area contributed by atoms with Crippen LogP contribution in [0.4, 0.5) is 5.13 Å². The molecule has 0 unspecified atom stereocenters. The molecule has 1 heterocycles. The number of phenolic OH excluding ortho intramolecular Hbond substituents is 2. The van der Waals surface area contributed by atoms with Crippen LogP contribution < -0.4 is 10.1 Å². The molecule has 3 N–H and O–H groups in total.